The Balaban J connectivity index is 0. The largest absolute Gasteiger partial charge is 0.463 e. The second kappa shape index (κ2) is 11.6. The number of ether oxygens (including phenoxy) is 1. The molecule has 0 radical (unpaired) electrons. The summed E-state index contributed by atoms with van der Waals surface area (Å²) in [7, 11) is 1.95. The van der Waals surface area contributed by atoms with E-state index < -0.39 is 5.41 Å². The van der Waals surface area contributed by atoms with Gasteiger partial charge in [0, 0.05) is 12.0 Å². The molecule has 0 aromatic rings. The normalized spacial score (nSPS) is 13.3. The Morgan fingerprint density at radius 3 is 1.92 bits per heavy atom. The Morgan fingerprint density at radius 1 is 1.17 bits per heavy atom. The first kappa shape index (κ1) is 25.3. The van der Waals surface area contributed by atoms with Crippen LogP contribution in [-0.2, 0) is 14.3 Å². The Bertz CT molecular complexity index is 362. The van der Waals surface area contributed by atoms with E-state index in [0.29, 0.717) is 12.5 Å². The molecule has 5 nitrogen and oxygen atoms in total. The highest BCUT2D eigenvalue weighted by Gasteiger charge is 2.45. The molecule has 2 N–H and O–H groups in total. The molecule has 0 aliphatic carbocycles. The van der Waals surface area contributed by atoms with Crippen molar-refractivity contribution >= 4 is 12.3 Å². The predicted octanol–water partition coefficient (Wildman–Crippen LogP) is 3.05. The zero-order valence-electron chi connectivity index (χ0n) is 17.1. The smallest absolute Gasteiger partial charge is 0.312 e. The molecule has 0 aliphatic rings. The number of hydrogen-bond acceptors (Lipinski definition) is 5. The molecule has 0 aliphatic heterocycles. The van der Waals surface area contributed by atoms with Crippen LogP contribution in [0.3, 0.4) is 0 Å². The van der Waals surface area contributed by atoms with Crippen LogP contribution in [0.5, 0.6) is 0 Å². The summed E-state index contributed by atoms with van der Waals surface area (Å²) in [5, 5.41) is 11.7. The number of rotatable bonds is 9. The van der Waals surface area contributed by atoms with Crippen molar-refractivity contribution in [3.05, 3.63) is 0 Å². The number of carbonyl (C=O) groups is 2. The maximum absolute atomic E-state index is 12.1. The van der Waals surface area contributed by atoms with Crippen LogP contribution in [0.25, 0.3) is 0 Å². The molecule has 0 heterocycles. The van der Waals surface area contributed by atoms with Crippen LogP contribution in [0.2, 0.25) is 0 Å². The third-order valence-electron chi connectivity index (χ3n) is 4.88. The number of esters is 1. The number of carbonyl (C=O) groups excluding carboxylic acids is 2. The van der Waals surface area contributed by atoms with E-state index in [-0.39, 0.29) is 36.4 Å². The fraction of sp³-hybridized carbons (Fsp3) is 0.895. The Labute approximate surface area is 148 Å². The molecule has 0 fully saturated rings. The van der Waals surface area contributed by atoms with Crippen molar-refractivity contribution in [3.8, 4) is 0 Å². The van der Waals surface area contributed by atoms with Crippen LogP contribution in [0.1, 0.15) is 61.8 Å². The van der Waals surface area contributed by atoms with Gasteiger partial charge in [-0.3, -0.25) is 4.79 Å². The van der Waals surface area contributed by atoms with E-state index in [1.165, 1.54) is 0 Å². The topological polar surface area (TPSA) is 75.6 Å². The number of aldehydes is 1. The molecule has 0 aromatic heterocycles. The van der Waals surface area contributed by atoms with Crippen molar-refractivity contribution in [1.29, 1.82) is 0 Å². The highest BCUT2D eigenvalue weighted by molar-refractivity contribution is 5.77. The van der Waals surface area contributed by atoms with E-state index in [0.717, 1.165) is 6.29 Å². The van der Waals surface area contributed by atoms with E-state index in [4.69, 9.17) is 9.84 Å². The van der Waals surface area contributed by atoms with Crippen LogP contribution in [0.4, 0.5) is 0 Å². The van der Waals surface area contributed by atoms with Gasteiger partial charge in [0.15, 0.2) is 0 Å². The molecular weight excluding hydrogens is 306 g/mol. The minimum Gasteiger partial charge on any atom is -0.463 e. The fourth-order valence-electron chi connectivity index (χ4n) is 1.88. The molecule has 1 atom stereocenters. The molecule has 24 heavy (non-hydrogen) atoms. The average Bonchev–Trinajstić information content (AvgIpc) is 2.49. The van der Waals surface area contributed by atoms with Crippen molar-refractivity contribution in [2.45, 2.75) is 67.9 Å². The summed E-state index contributed by atoms with van der Waals surface area (Å²) in [5.74, 6) is -0.152. The molecule has 0 saturated carbocycles. The van der Waals surface area contributed by atoms with Crippen LogP contribution in [-0.4, -0.2) is 43.7 Å². The van der Waals surface area contributed by atoms with Crippen LogP contribution >= 0.6 is 0 Å². The van der Waals surface area contributed by atoms with Gasteiger partial charge in [-0.05, 0) is 38.6 Å². The summed E-state index contributed by atoms with van der Waals surface area (Å²) < 4.78 is 5.04. The zero-order valence-corrected chi connectivity index (χ0v) is 17.1. The Hall–Kier alpha value is -0.940. The highest BCUT2D eigenvalue weighted by atomic mass is 16.5. The lowest BCUT2D eigenvalue weighted by molar-refractivity contribution is -0.163. The molecule has 5 heteroatoms. The third kappa shape index (κ3) is 8.78. The highest BCUT2D eigenvalue weighted by Crippen LogP contribution is 2.45. The van der Waals surface area contributed by atoms with E-state index in [2.05, 4.69) is 19.2 Å². The minimum atomic E-state index is -0.710. The van der Waals surface area contributed by atoms with Crippen molar-refractivity contribution in [3.63, 3.8) is 0 Å². The van der Waals surface area contributed by atoms with Crippen molar-refractivity contribution in [2.75, 3.05) is 20.3 Å². The van der Waals surface area contributed by atoms with Gasteiger partial charge in [0.1, 0.15) is 12.9 Å². The van der Waals surface area contributed by atoms with Crippen molar-refractivity contribution in [1.82, 2.24) is 5.32 Å². The lowest BCUT2D eigenvalue weighted by atomic mass is 9.63. The van der Waals surface area contributed by atoms with E-state index in [1.807, 2.05) is 48.6 Å². The zero-order chi connectivity index (χ0) is 19.6. The number of nitrogens with one attached hydrogen (secondary N) is 1. The monoisotopic (exact) mass is 345 g/mol. The predicted molar refractivity (Wildman–Crippen MR) is 98.8 cm³/mol. The van der Waals surface area contributed by atoms with Gasteiger partial charge >= 0.3 is 5.97 Å². The van der Waals surface area contributed by atoms with Crippen molar-refractivity contribution < 1.29 is 19.4 Å². The number of hydrogen-bond donors (Lipinski definition) is 2. The van der Waals surface area contributed by atoms with Gasteiger partial charge in [0.25, 0.3) is 0 Å². The SMILES string of the molecule is CC(C)C(C=O)CC(C)(C)C(C)(C)C(=O)OCCO.CNC(C)C. The minimum absolute atomic E-state index is 0.0135. The molecular formula is C19H39NO4. The summed E-state index contributed by atoms with van der Waals surface area (Å²) in [4.78, 5) is 23.2. The van der Waals surface area contributed by atoms with Gasteiger partial charge in [0.2, 0.25) is 0 Å². The van der Waals surface area contributed by atoms with Gasteiger partial charge in [0.05, 0.1) is 12.0 Å². The molecule has 0 spiro atoms. The standard InChI is InChI=1S/C15H28O4.C4H11N/c1-11(2)12(10-17)9-14(3,4)15(5,6)13(18)19-8-7-16;1-4(2)5-3/h10-12,16H,7-9H2,1-6H3;4-5H,1-3H3. The fourth-order valence-corrected chi connectivity index (χ4v) is 1.88. The Kier molecular flexibility index (Phi) is 12.2. The molecule has 0 bridgehead atoms. The van der Waals surface area contributed by atoms with Crippen LogP contribution in [0.15, 0.2) is 0 Å². The summed E-state index contributed by atoms with van der Waals surface area (Å²) in [6.45, 7) is 15.7. The molecule has 0 amide bonds. The summed E-state index contributed by atoms with van der Waals surface area (Å²) in [5.41, 5.74) is -1.08. The quantitative estimate of drug-likeness (QED) is 0.496. The average molecular weight is 346 g/mol. The summed E-state index contributed by atoms with van der Waals surface area (Å²) in [6.07, 6.45) is 1.61. The molecule has 0 rings (SSSR count). The number of aliphatic hydroxyl groups excluding tert-OH is 1. The molecule has 144 valence electrons. The van der Waals surface area contributed by atoms with E-state index in [1.54, 1.807) is 0 Å². The first-order valence-corrected chi connectivity index (χ1v) is 8.78. The molecule has 0 saturated heterocycles. The third-order valence-corrected chi connectivity index (χ3v) is 4.88. The molecule has 1 unspecified atom stereocenters. The maximum Gasteiger partial charge on any atom is 0.312 e. The van der Waals surface area contributed by atoms with E-state index >= 15 is 0 Å². The first-order valence-electron chi connectivity index (χ1n) is 8.78. The Morgan fingerprint density at radius 2 is 1.62 bits per heavy atom. The van der Waals surface area contributed by atoms with Crippen molar-refractivity contribution in [2.24, 2.45) is 22.7 Å². The van der Waals surface area contributed by atoms with Gasteiger partial charge in [-0.2, -0.15) is 0 Å². The second-order valence-corrected chi connectivity index (χ2v) is 8.06. The maximum atomic E-state index is 12.1. The van der Waals surface area contributed by atoms with Gasteiger partial charge in [-0.1, -0.05) is 41.5 Å². The first-order chi connectivity index (χ1) is 10.9. The lowest BCUT2D eigenvalue weighted by Crippen LogP contribution is -2.43. The second-order valence-electron chi connectivity index (χ2n) is 8.06. The summed E-state index contributed by atoms with van der Waals surface area (Å²) in [6, 6.07) is 0.634. The van der Waals surface area contributed by atoms with Crippen LogP contribution in [0, 0.1) is 22.7 Å². The molecule has 0 aromatic carbocycles. The van der Waals surface area contributed by atoms with E-state index in [9.17, 15) is 9.59 Å². The van der Waals surface area contributed by atoms with Gasteiger partial charge < -0.3 is 20.0 Å². The number of aliphatic hydroxyl groups is 1. The van der Waals surface area contributed by atoms with Crippen LogP contribution < -0.4 is 5.32 Å². The lowest BCUT2D eigenvalue weighted by Gasteiger charge is -2.41. The summed E-state index contributed by atoms with van der Waals surface area (Å²) >= 11 is 0. The van der Waals surface area contributed by atoms with Gasteiger partial charge in [-0.15, -0.1) is 0 Å². The van der Waals surface area contributed by atoms with Gasteiger partial charge in [-0.25, -0.2) is 0 Å².